The van der Waals surface area contributed by atoms with Crippen LogP contribution in [0, 0.1) is 5.92 Å². The number of hydrogen-bond acceptors (Lipinski definition) is 9. The first-order valence-electron chi connectivity index (χ1n) is 11.0. The molecule has 0 saturated heterocycles. The van der Waals surface area contributed by atoms with Gasteiger partial charge in [-0.05, 0) is 18.4 Å². The fraction of sp³-hybridized carbons (Fsp3) is 0.545. The highest BCUT2D eigenvalue weighted by molar-refractivity contribution is 7.99. The molecule has 0 spiro atoms. The van der Waals surface area contributed by atoms with Crippen molar-refractivity contribution in [2.45, 2.75) is 67.3 Å². The number of thioether (sulfide) groups is 1. The van der Waals surface area contributed by atoms with E-state index in [1.54, 1.807) is 16.4 Å². The van der Waals surface area contributed by atoms with Gasteiger partial charge in [0, 0.05) is 29.7 Å². The lowest BCUT2D eigenvalue weighted by molar-refractivity contribution is -0.00512. The molecular formula is C22H28N6O3S. The molecule has 2 saturated carbocycles. The third-order valence-corrected chi connectivity index (χ3v) is 7.17. The second-order valence-electron chi connectivity index (χ2n) is 8.96. The van der Waals surface area contributed by atoms with Gasteiger partial charge in [-0.3, -0.25) is 0 Å². The van der Waals surface area contributed by atoms with E-state index in [1.165, 1.54) is 5.56 Å². The number of aromatic nitrogens is 5. The van der Waals surface area contributed by atoms with Crippen LogP contribution in [-0.4, -0.2) is 70.4 Å². The number of anilines is 1. The highest BCUT2D eigenvalue weighted by Gasteiger charge is 2.44. The number of benzene rings is 1. The number of hydrogen-bond donors (Lipinski definition) is 4. The van der Waals surface area contributed by atoms with Crippen LogP contribution in [0.3, 0.4) is 0 Å². The van der Waals surface area contributed by atoms with E-state index in [1.807, 2.05) is 6.07 Å². The quantitative estimate of drug-likeness (QED) is 0.311. The monoisotopic (exact) mass is 456 g/mol. The van der Waals surface area contributed by atoms with Gasteiger partial charge < -0.3 is 20.6 Å². The molecule has 4 N–H and O–H groups in total. The average Bonchev–Trinajstić information content (AvgIpc) is 3.32. The Morgan fingerprint density at radius 2 is 1.91 bits per heavy atom. The Morgan fingerprint density at radius 3 is 2.59 bits per heavy atom. The highest BCUT2D eigenvalue weighted by Crippen LogP contribution is 2.43. The van der Waals surface area contributed by atoms with Crippen LogP contribution in [0.5, 0.6) is 0 Å². The van der Waals surface area contributed by atoms with Gasteiger partial charge in [-0.25, -0.2) is 14.6 Å². The molecule has 10 heteroatoms. The smallest absolute Gasteiger partial charge is 0.191 e. The molecule has 6 atom stereocenters. The van der Waals surface area contributed by atoms with Gasteiger partial charge >= 0.3 is 0 Å². The van der Waals surface area contributed by atoms with Gasteiger partial charge in [-0.2, -0.15) is 0 Å². The molecule has 1 aromatic carbocycles. The van der Waals surface area contributed by atoms with E-state index in [2.05, 4.69) is 53.7 Å². The van der Waals surface area contributed by atoms with Crippen molar-refractivity contribution in [2.75, 3.05) is 11.9 Å². The Morgan fingerprint density at radius 1 is 1.12 bits per heavy atom. The van der Waals surface area contributed by atoms with Crippen LogP contribution in [0.4, 0.5) is 5.82 Å². The SMILES string of the molecule is CC(C)Sc1nc(NC2CC2c2ccccc2)c2nnn([C@H]3C[C@@H](CO)[C@H](O)[C@@H]3O)c2n1. The first-order valence-corrected chi connectivity index (χ1v) is 11.9. The Labute approximate surface area is 190 Å². The summed E-state index contributed by atoms with van der Waals surface area (Å²) in [5.41, 5.74) is 2.37. The molecule has 170 valence electrons. The van der Waals surface area contributed by atoms with Crippen LogP contribution in [0.1, 0.15) is 44.2 Å². The lowest BCUT2D eigenvalue weighted by Gasteiger charge is -2.17. The molecule has 2 fully saturated rings. The van der Waals surface area contributed by atoms with Gasteiger partial charge in [-0.15, -0.1) is 5.10 Å². The topological polar surface area (TPSA) is 129 Å². The van der Waals surface area contributed by atoms with E-state index in [-0.39, 0.29) is 12.6 Å². The van der Waals surface area contributed by atoms with E-state index >= 15 is 0 Å². The standard InChI is InChI=1S/C22H28N6O3S/c1-11(2)32-22-24-20(23-15-9-14(15)12-6-4-3-5-7-12)17-21(25-22)28(27-26-17)16-8-13(10-29)18(30)19(16)31/h3-7,11,13-16,18-19,29-31H,8-10H2,1-2H3,(H,23,24,25)/t13-,14?,15?,16-,18-,19+/m0/s1. The molecule has 2 unspecified atom stereocenters. The Kier molecular flexibility index (Phi) is 5.79. The number of aliphatic hydroxyl groups is 3. The second-order valence-corrected chi connectivity index (χ2v) is 10.5. The summed E-state index contributed by atoms with van der Waals surface area (Å²) in [7, 11) is 0. The minimum absolute atomic E-state index is 0.194. The molecule has 2 aliphatic carbocycles. The van der Waals surface area contributed by atoms with E-state index in [0.29, 0.717) is 39.7 Å². The molecule has 0 aliphatic heterocycles. The number of nitrogens with zero attached hydrogens (tertiary/aromatic N) is 5. The van der Waals surface area contributed by atoms with E-state index < -0.39 is 24.2 Å². The summed E-state index contributed by atoms with van der Waals surface area (Å²) in [6.07, 6.45) is -0.640. The van der Waals surface area contributed by atoms with Gasteiger partial charge in [0.2, 0.25) is 0 Å². The molecule has 2 aliphatic rings. The molecule has 5 rings (SSSR count). The molecule has 0 amide bonds. The number of fused-ring (bicyclic) bond motifs is 1. The molecule has 2 heterocycles. The summed E-state index contributed by atoms with van der Waals surface area (Å²) in [4.78, 5) is 9.42. The maximum atomic E-state index is 10.6. The number of nitrogens with one attached hydrogen (secondary N) is 1. The maximum Gasteiger partial charge on any atom is 0.191 e. The summed E-state index contributed by atoms with van der Waals surface area (Å²) in [6, 6.07) is 10.2. The zero-order valence-electron chi connectivity index (χ0n) is 18.0. The average molecular weight is 457 g/mol. The number of rotatable bonds is 7. The fourth-order valence-electron chi connectivity index (χ4n) is 4.52. The molecule has 0 bridgehead atoms. The van der Waals surface area contributed by atoms with Crippen molar-refractivity contribution in [3.8, 4) is 0 Å². The van der Waals surface area contributed by atoms with Gasteiger partial charge in [0.25, 0.3) is 0 Å². The van der Waals surface area contributed by atoms with Gasteiger partial charge in [-0.1, -0.05) is 61.2 Å². The highest BCUT2D eigenvalue weighted by atomic mass is 32.2. The molecule has 3 aromatic rings. The van der Waals surface area contributed by atoms with E-state index in [4.69, 9.17) is 9.97 Å². The Balaban J connectivity index is 1.48. The van der Waals surface area contributed by atoms with Crippen molar-refractivity contribution < 1.29 is 15.3 Å². The van der Waals surface area contributed by atoms with Crippen LogP contribution in [-0.2, 0) is 0 Å². The summed E-state index contributed by atoms with van der Waals surface area (Å²) in [5, 5.41) is 43.4. The van der Waals surface area contributed by atoms with Crippen molar-refractivity contribution in [2.24, 2.45) is 5.92 Å². The lowest BCUT2D eigenvalue weighted by atomic mass is 10.1. The fourth-order valence-corrected chi connectivity index (χ4v) is 5.22. The zero-order valence-corrected chi connectivity index (χ0v) is 18.9. The Hall–Kier alpha value is -2.27. The van der Waals surface area contributed by atoms with E-state index in [0.717, 1.165) is 6.42 Å². The van der Waals surface area contributed by atoms with Crippen LogP contribution in [0.2, 0.25) is 0 Å². The predicted molar refractivity (Wildman–Crippen MR) is 122 cm³/mol. The van der Waals surface area contributed by atoms with Crippen molar-refractivity contribution in [1.82, 2.24) is 25.0 Å². The van der Waals surface area contributed by atoms with Crippen LogP contribution >= 0.6 is 11.8 Å². The minimum Gasteiger partial charge on any atom is -0.396 e. The van der Waals surface area contributed by atoms with Crippen LogP contribution in [0.25, 0.3) is 11.2 Å². The van der Waals surface area contributed by atoms with Crippen LogP contribution < -0.4 is 5.32 Å². The Bertz CT molecular complexity index is 1090. The van der Waals surface area contributed by atoms with Crippen LogP contribution in [0.15, 0.2) is 35.5 Å². The molecule has 32 heavy (non-hydrogen) atoms. The third-order valence-electron chi connectivity index (χ3n) is 6.30. The lowest BCUT2D eigenvalue weighted by Crippen LogP contribution is -2.30. The summed E-state index contributed by atoms with van der Waals surface area (Å²) < 4.78 is 1.58. The third kappa shape index (κ3) is 3.96. The minimum atomic E-state index is -1.05. The van der Waals surface area contributed by atoms with Crippen molar-refractivity contribution in [3.63, 3.8) is 0 Å². The summed E-state index contributed by atoms with van der Waals surface area (Å²) in [5.74, 6) is 0.658. The summed E-state index contributed by atoms with van der Waals surface area (Å²) >= 11 is 1.55. The van der Waals surface area contributed by atoms with Gasteiger partial charge in [0.05, 0.1) is 12.1 Å². The molecular weight excluding hydrogens is 428 g/mol. The van der Waals surface area contributed by atoms with Crippen molar-refractivity contribution >= 4 is 28.7 Å². The van der Waals surface area contributed by atoms with Gasteiger partial charge in [0.1, 0.15) is 6.10 Å². The normalized spacial score (nSPS) is 29.7. The van der Waals surface area contributed by atoms with Crippen molar-refractivity contribution in [3.05, 3.63) is 35.9 Å². The maximum absolute atomic E-state index is 10.6. The first kappa shape index (κ1) is 21.6. The molecule has 0 radical (unpaired) electrons. The largest absolute Gasteiger partial charge is 0.396 e. The molecule has 2 aromatic heterocycles. The van der Waals surface area contributed by atoms with Gasteiger partial charge in [0.15, 0.2) is 22.1 Å². The van der Waals surface area contributed by atoms with Crippen molar-refractivity contribution in [1.29, 1.82) is 0 Å². The number of aliphatic hydroxyl groups excluding tert-OH is 3. The molecule has 9 nitrogen and oxygen atoms in total. The first-order chi connectivity index (χ1) is 15.5. The zero-order chi connectivity index (χ0) is 22.4. The predicted octanol–water partition coefficient (Wildman–Crippen LogP) is 1.96. The van der Waals surface area contributed by atoms with E-state index in [9.17, 15) is 15.3 Å². The summed E-state index contributed by atoms with van der Waals surface area (Å²) in [6.45, 7) is 3.96. The second kappa shape index (κ2) is 8.58.